The molecule has 0 bridgehead atoms. The van der Waals surface area contributed by atoms with Crippen molar-refractivity contribution in [3.8, 4) is 0 Å². The summed E-state index contributed by atoms with van der Waals surface area (Å²) >= 11 is 3.04. The molecule has 3 aromatic heterocycles. The summed E-state index contributed by atoms with van der Waals surface area (Å²) in [5.41, 5.74) is 6.60. The van der Waals surface area contributed by atoms with E-state index >= 15 is 0 Å². The predicted molar refractivity (Wildman–Crippen MR) is 111 cm³/mol. The summed E-state index contributed by atoms with van der Waals surface area (Å²) in [5.74, 6) is -1.10. The van der Waals surface area contributed by atoms with Crippen molar-refractivity contribution >= 4 is 61.6 Å². The van der Waals surface area contributed by atoms with Crippen LogP contribution in [0.3, 0.4) is 0 Å². The largest absolute Gasteiger partial charge is 0.365 e. The van der Waals surface area contributed by atoms with Crippen LogP contribution in [0.2, 0.25) is 0 Å². The van der Waals surface area contributed by atoms with Gasteiger partial charge in [0.15, 0.2) is 0 Å². The molecule has 0 radical (unpaired) electrons. The van der Waals surface area contributed by atoms with Crippen LogP contribution < -0.4 is 11.1 Å². The second kappa shape index (κ2) is 8.07. The zero-order chi connectivity index (χ0) is 20.6. The van der Waals surface area contributed by atoms with Crippen molar-refractivity contribution in [2.45, 2.75) is 33.2 Å². The highest BCUT2D eigenvalue weighted by molar-refractivity contribution is 14.1. The molecule has 11 heteroatoms. The smallest absolute Gasteiger partial charge is 0.280 e. The van der Waals surface area contributed by atoms with Crippen molar-refractivity contribution in [3.05, 3.63) is 37.7 Å². The van der Waals surface area contributed by atoms with Gasteiger partial charge in [0.05, 0.1) is 15.0 Å². The third kappa shape index (κ3) is 4.14. The average molecular weight is 519 g/mol. The Morgan fingerprint density at radius 1 is 1.39 bits per heavy atom. The Morgan fingerprint density at radius 3 is 2.68 bits per heavy atom. The van der Waals surface area contributed by atoms with E-state index in [2.05, 4.69) is 38.0 Å². The summed E-state index contributed by atoms with van der Waals surface area (Å²) in [7, 11) is 0. The van der Waals surface area contributed by atoms with Gasteiger partial charge in [-0.05, 0) is 48.1 Å². The second-order valence-electron chi connectivity index (χ2n) is 6.14. The van der Waals surface area contributed by atoms with E-state index in [1.807, 2.05) is 13.1 Å². The van der Waals surface area contributed by atoms with Crippen LogP contribution in [-0.4, -0.2) is 26.6 Å². The Hall–Kier alpha value is -2.15. The molecule has 3 aromatic rings. The zero-order valence-corrected chi connectivity index (χ0v) is 17.9. The molecule has 0 saturated carbocycles. The van der Waals surface area contributed by atoms with E-state index in [1.54, 1.807) is 11.6 Å². The Balaban J connectivity index is 1.89. The van der Waals surface area contributed by atoms with Gasteiger partial charge in [-0.1, -0.05) is 0 Å². The first kappa shape index (κ1) is 20.6. The number of rotatable bonds is 6. The topological polar surface area (TPSA) is 103 Å². The molecule has 148 valence electrons. The number of fused-ring (bicyclic) bond motifs is 1. The number of aromatic nitrogens is 3. The van der Waals surface area contributed by atoms with Crippen molar-refractivity contribution in [2.75, 3.05) is 5.32 Å². The van der Waals surface area contributed by atoms with Gasteiger partial charge in [-0.3, -0.25) is 14.3 Å². The molecule has 3 rings (SSSR count). The molecule has 0 unspecified atom stereocenters. The molecule has 0 spiro atoms. The number of thiophene rings is 1. The summed E-state index contributed by atoms with van der Waals surface area (Å²) in [4.78, 5) is 28.5. The Morgan fingerprint density at radius 2 is 2.11 bits per heavy atom. The molecule has 0 fully saturated rings. The van der Waals surface area contributed by atoms with E-state index in [0.717, 1.165) is 20.6 Å². The molecule has 2 amide bonds. The summed E-state index contributed by atoms with van der Waals surface area (Å²) < 4.78 is 28.7. The number of carbonyl (C=O) groups is 2. The van der Waals surface area contributed by atoms with Crippen molar-refractivity contribution in [1.82, 2.24) is 14.8 Å². The minimum Gasteiger partial charge on any atom is -0.365 e. The van der Waals surface area contributed by atoms with Crippen LogP contribution in [0.4, 0.5) is 14.5 Å². The number of halogens is 3. The Kier molecular flexibility index (Phi) is 5.93. The average Bonchev–Trinajstić information content (AvgIpc) is 3.13. The molecular weight excluding hydrogens is 503 g/mol. The number of aryl methyl sites for hydroxylation is 3. The Labute approximate surface area is 176 Å². The maximum atomic E-state index is 13.0. The predicted octanol–water partition coefficient (Wildman–Crippen LogP) is 3.78. The summed E-state index contributed by atoms with van der Waals surface area (Å²) in [6, 6.07) is 1.24. The van der Waals surface area contributed by atoms with Gasteiger partial charge in [0.2, 0.25) is 5.91 Å². The number of nitrogens with two attached hydrogens (primary N) is 1. The third-order valence-corrected chi connectivity index (χ3v) is 6.20. The molecule has 0 saturated heterocycles. The SMILES string of the molecule is Cc1nn(CCC(=O)Nc2c(C(N)=O)sc3nc(C(F)F)cc(C)c23)cc1I. The lowest BCUT2D eigenvalue weighted by molar-refractivity contribution is -0.116. The fourth-order valence-corrected chi connectivity index (χ4v) is 4.23. The number of nitrogens with one attached hydrogen (secondary N) is 1. The van der Waals surface area contributed by atoms with Crippen LogP contribution >= 0.6 is 33.9 Å². The van der Waals surface area contributed by atoms with Crippen molar-refractivity contribution < 1.29 is 18.4 Å². The summed E-state index contributed by atoms with van der Waals surface area (Å²) in [6.45, 7) is 3.85. The molecule has 28 heavy (non-hydrogen) atoms. The number of hydrogen-bond donors (Lipinski definition) is 2. The lowest BCUT2D eigenvalue weighted by atomic mass is 10.1. The molecule has 7 nitrogen and oxygen atoms in total. The number of primary amides is 1. The highest BCUT2D eigenvalue weighted by Gasteiger charge is 2.23. The minimum absolute atomic E-state index is 0.0786. The fourth-order valence-electron chi connectivity index (χ4n) is 2.74. The molecule has 0 aliphatic heterocycles. The highest BCUT2D eigenvalue weighted by Crippen LogP contribution is 2.38. The molecule has 0 atom stereocenters. The second-order valence-corrected chi connectivity index (χ2v) is 8.30. The molecule has 3 heterocycles. The zero-order valence-electron chi connectivity index (χ0n) is 14.9. The van der Waals surface area contributed by atoms with E-state index in [1.165, 1.54) is 6.07 Å². The lowest BCUT2D eigenvalue weighted by Gasteiger charge is -2.08. The highest BCUT2D eigenvalue weighted by atomic mass is 127. The molecular formula is C17H16F2IN5O2S. The first-order valence-corrected chi connectivity index (χ1v) is 10.1. The molecule has 3 N–H and O–H groups in total. The first-order chi connectivity index (χ1) is 13.2. The number of carbonyl (C=O) groups excluding carboxylic acids is 2. The van der Waals surface area contributed by atoms with Gasteiger partial charge < -0.3 is 11.1 Å². The number of pyridine rings is 1. The normalized spacial score (nSPS) is 11.4. The number of anilines is 1. The van der Waals surface area contributed by atoms with Gasteiger partial charge in [-0.25, -0.2) is 13.8 Å². The van der Waals surface area contributed by atoms with Crippen LogP contribution in [0.15, 0.2) is 12.3 Å². The van der Waals surface area contributed by atoms with E-state index in [0.29, 0.717) is 17.5 Å². The molecule has 0 aliphatic carbocycles. The summed E-state index contributed by atoms with van der Waals surface area (Å²) in [5, 5.41) is 7.43. The van der Waals surface area contributed by atoms with Gasteiger partial charge in [-0.2, -0.15) is 5.10 Å². The van der Waals surface area contributed by atoms with E-state index in [4.69, 9.17) is 5.73 Å². The van der Waals surface area contributed by atoms with Crippen LogP contribution in [0.1, 0.15) is 39.5 Å². The first-order valence-electron chi connectivity index (χ1n) is 8.18. The van der Waals surface area contributed by atoms with Gasteiger partial charge in [-0.15, -0.1) is 11.3 Å². The number of alkyl halides is 2. The van der Waals surface area contributed by atoms with E-state index < -0.39 is 12.3 Å². The number of nitrogens with zero attached hydrogens (tertiary/aromatic N) is 3. The van der Waals surface area contributed by atoms with Gasteiger partial charge >= 0.3 is 0 Å². The van der Waals surface area contributed by atoms with Crippen LogP contribution in [0.5, 0.6) is 0 Å². The van der Waals surface area contributed by atoms with Crippen LogP contribution in [0, 0.1) is 17.4 Å². The van der Waals surface area contributed by atoms with Crippen LogP contribution in [0.25, 0.3) is 10.2 Å². The molecule has 0 aromatic carbocycles. The van der Waals surface area contributed by atoms with Crippen LogP contribution in [-0.2, 0) is 11.3 Å². The van der Waals surface area contributed by atoms with E-state index in [9.17, 15) is 18.4 Å². The van der Waals surface area contributed by atoms with E-state index in [-0.39, 0.29) is 33.4 Å². The summed E-state index contributed by atoms with van der Waals surface area (Å²) in [6.07, 6.45) is -0.785. The van der Waals surface area contributed by atoms with Gasteiger partial charge in [0, 0.05) is 24.5 Å². The number of hydrogen-bond acceptors (Lipinski definition) is 5. The van der Waals surface area contributed by atoms with Gasteiger partial charge in [0.1, 0.15) is 15.4 Å². The van der Waals surface area contributed by atoms with Crippen molar-refractivity contribution in [2.24, 2.45) is 5.73 Å². The Bertz CT molecular complexity index is 1060. The van der Waals surface area contributed by atoms with Gasteiger partial charge in [0.25, 0.3) is 12.3 Å². The quantitative estimate of drug-likeness (QED) is 0.484. The minimum atomic E-state index is -2.74. The van der Waals surface area contributed by atoms with Crippen molar-refractivity contribution in [3.63, 3.8) is 0 Å². The third-order valence-electron chi connectivity index (χ3n) is 4.05. The standard InChI is InChI=1S/C17H16F2IN5O2S/c1-7-5-10(15(18)19)22-17-12(7)13(14(28-17)16(21)27)23-11(26)3-4-25-6-9(20)8(2)24-25/h5-6,15H,3-4H2,1-2H3,(H2,21,27)(H,23,26). The monoisotopic (exact) mass is 519 g/mol. The lowest BCUT2D eigenvalue weighted by Crippen LogP contribution is -2.18. The number of amides is 2. The van der Waals surface area contributed by atoms with Crippen molar-refractivity contribution in [1.29, 1.82) is 0 Å². The fraction of sp³-hybridized carbons (Fsp3) is 0.294. The molecule has 0 aliphatic rings. The maximum absolute atomic E-state index is 13.0. The maximum Gasteiger partial charge on any atom is 0.280 e.